The van der Waals surface area contributed by atoms with E-state index in [9.17, 15) is 19.1 Å². The molecule has 2 N–H and O–H groups in total. The number of hydrogen-bond acceptors (Lipinski definition) is 3. The fraction of sp³-hybridized carbons (Fsp3) is 0.231. The average Bonchev–Trinajstić information content (AvgIpc) is 2.37. The molecule has 0 fully saturated rings. The Bertz CT molecular complexity index is 714. The van der Waals surface area contributed by atoms with Crippen molar-refractivity contribution in [1.82, 2.24) is 9.55 Å². The van der Waals surface area contributed by atoms with E-state index >= 15 is 0 Å². The number of H-pyrrole nitrogens is 1. The van der Waals surface area contributed by atoms with Gasteiger partial charge in [-0.1, -0.05) is 26.0 Å². The second-order valence-electron chi connectivity index (χ2n) is 4.48. The number of aromatic nitrogens is 2. The quantitative estimate of drug-likeness (QED) is 0.863. The molecule has 100 valence electrons. The first kappa shape index (κ1) is 13.1. The minimum atomic E-state index is -1.38. The van der Waals surface area contributed by atoms with Gasteiger partial charge in [0.15, 0.2) is 0 Å². The van der Waals surface area contributed by atoms with Crippen molar-refractivity contribution in [3.8, 4) is 11.6 Å². The molecule has 2 aromatic rings. The predicted molar refractivity (Wildman–Crippen MR) is 68.4 cm³/mol. The molecule has 1 aromatic heterocycles. The third-order valence-electron chi connectivity index (χ3n) is 2.85. The monoisotopic (exact) mass is 264 g/mol. The maximum absolute atomic E-state index is 13.3. The maximum Gasteiger partial charge on any atom is 0.335 e. The Kier molecular flexibility index (Phi) is 3.25. The van der Waals surface area contributed by atoms with Crippen LogP contribution in [0.4, 0.5) is 4.39 Å². The zero-order valence-corrected chi connectivity index (χ0v) is 10.5. The Morgan fingerprint density at radius 3 is 2.32 bits per heavy atom. The lowest BCUT2D eigenvalue weighted by Gasteiger charge is -2.10. The van der Waals surface area contributed by atoms with Crippen molar-refractivity contribution >= 4 is 0 Å². The Labute approximate surface area is 108 Å². The summed E-state index contributed by atoms with van der Waals surface area (Å²) in [6.45, 7) is 4.02. The van der Waals surface area contributed by atoms with Gasteiger partial charge in [-0.15, -0.1) is 0 Å². The van der Waals surface area contributed by atoms with Crippen molar-refractivity contribution < 1.29 is 9.50 Å². The topological polar surface area (TPSA) is 75.1 Å². The zero-order valence-electron chi connectivity index (χ0n) is 10.5. The molecule has 0 radical (unpaired) electrons. The third-order valence-corrected chi connectivity index (χ3v) is 2.85. The predicted octanol–water partition coefficient (Wildman–Crippen LogP) is 1.49. The van der Waals surface area contributed by atoms with Crippen LogP contribution in [0.5, 0.6) is 5.88 Å². The van der Waals surface area contributed by atoms with Gasteiger partial charge < -0.3 is 5.11 Å². The minimum absolute atomic E-state index is 0.280. The summed E-state index contributed by atoms with van der Waals surface area (Å²) >= 11 is 0. The molecule has 5 nitrogen and oxygen atoms in total. The molecule has 19 heavy (non-hydrogen) atoms. The SMILES string of the molecule is CC(C)c1ccc(-n2c(O)c(F)c(=O)[nH]c2=O)cc1. The van der Waals surface area contributed by atoms with Crippen LogP contribution >= 0.6 is 0 Å². The van der Waals surface area contributed by atoms with E-state index in [0.29, 0.717) is 10.5 Å². The van der Waals surface area contributed by atoms with Crippen LogP contribution in [-0.2, 0) is 0 Å². The van der Waals surface area contributed by atoms with Gasteiger partial charge in [-0.3, -0.25) is 9.78 Å². The molecule has 0 saturated carbocycles. The van der Waals surface area contributed by atoms with Gasteiger partial charge in [-0.25, -0.2) is 9.36 Å². The normalized spacial score (nSPS) is 10.9. The lowest BCUT2D eigenvalue weighted by Crippen LogP contribution is -2.30. The van der Waals surface area contributed by atoms with Crippen molar-refractivity contribution in [2.75, 3.05) is 0 Å². The summed E-state index contributed by atoms with van der Waals surface area (Å²) in [5.74, 6) is -2.06. The Hall–Kier alpha value is -2.37. The van der Waals surface area contributed by atoms with Gasteiger partial charge >= 0.3 is 5.69 Å². The molecular weight excluding hydrogens is 251 g/mol. The van der Waals surface area contributed by atoms with E-state index in [1.165, 1.54) is 0 Å². The highest BCUT2D eigenvalue weighted by Gasteiger charge is 2.15. The standard InChI is InChI=1S/C13H13FN2O3/c1-7(2)8-3-5-9(6-4-8)16-12(18)10(14)11(17)15-13(16)19/h3-7,18H,1-2H3,(H,15,17,19). The second-order valence-corrected chi connectivity index (χ2v) is 4.48. The summed E-state index contributed by atoms with van der Waals surface area (Å²) in [7, 11) is 0. The lowest BCUT2D eigenvalue weighted by atomic mass is 10.0. The van der Waals surface area contributed by atoms with Crippen LogP contribution in [0.3, 0.4) is 0 Å². The lowest BCUT2D eigenvalue weighted by molar-refractivity contribution is 0.386. The van der Waals surface area contributed by atoms with Gasteiger partial charge in [0, 0.05) is 0 Å². The molecule has 1 aromatic carbocycles. The third kappa shape index (κ3) is 2.29. The van der Waals surface area contributed by atoms with Crippen molar-refractivity contribution in [3.63, 3.8) is 0 Å². The molecule has 0 aliphatic heterocycles. The highest BCUT2D eigenvalue weighted by Crippen LogP contribution is 2.19. The summed E-state index contributed by atoms with van der Waals surface area (Å²) in [5.41, 5.74) is -0.804. The Balaban J connectivity index is 2.63. The smallest absolute Gasteiger partial charge is 0.335 e. The molecule has 0 aliphatic carbocycles. The van der Waals surface area contributed by atoms with E-state index in [1.54, 1.807) is 29.2 Å². The van der Waals surface area contributed by atoms with Gasteiger partial charge in [-0.05, 0) is 23.6 Å². The summed E-state index contributed by atoms with van der Waals surface area (Å²) < 4.78 is 14.0. The maximum atomic E-state index is 13.3. The Morgan fingerprint density at radius 1 is 1.21 bits per heavy atom. The molecule has 0 aliphatic rings. The molecule has 1 heterocycles. The fourth-order valence-electron chi connectivity index (χ4n) is 1.75. The van der Waals surface area contributed by atoms with Crippen LogP contribution in [-0.4, -0.2) is 14.7 Å². The number of hydrogen-bond donors (Lipinski definition) is 2. The number of benzene rings is 1. The first-order valence-electron chi connectivity index (χ1n) is 5.76. The average molecular weight is 264 g/mol. The highest BCUT2D eigenvalue weighted by atomic mass is 19.1. The van der Waals surface area contributed by atoms with Crippen LogP contribution in [0.2, 0.25) is 0 Å². The summed E-state index contributed by atoms with van der Waals surface area (Å²) in [6, 6.07) is 6.70. The second kappa shape index (κ2) is 4.72. The number of aromatic amines is 1. The molecule has 2 rings (SSSR count). The zero-order chi connectivity index (χ0) is 14.2. The van der Waals surface area contributed by atoms with Crippen molar-refractivity contribution in [2.45, 2.75) is 19.8 Å². The van der Waals surface area contributed by atoms with E-state index in [2.05, 4.69) is 0 Å². The van der Waals surface area contributed by atoms with Crippen molar-refractivity contribution in [2.24, 2.45) is 0 Å². The molecule has 0 bridgehead atoms. The molecule has 0 atom stereocenters. The van der Waals surface area contributed by atoms with Gasteiger partial charge in [0.2, 0.25) is 11.7 Å². The van der Waals surface area contributed by atoms with E-state index in [4.69, 9.17) is 0 Å². The van der Waals surface area contributed by atoms with E-state index in [0.717, 1.165) is 5.56 Å². The highest BCUT2D eigenvalue weighted by molar-refractivity contribution is 5.38. The number of nitrogens with one attached hydrogen (secondary N) is 1. The van der Waals surface area contributed by atoms with Crippen LogP contribution in [0.15, 0.2) is 33.9 Å². The molecular formula is C13H13FN2O3. The van der Waals surface area contributed by atoms with Crippen molar-refractivity contribution in [1.29, 1.82) is 0 Å². The first-order valence-corrected chi connectivity index (χ1v) is 5.76. The van der Waals surface area contributed by atoms with Crippen LogP contribution in [0.25, 0.3) is 5.69 Å². The largest absolute Gasteiger partial charge is 0.492 e. The van der Waals surface area contributed by atoms with Gasteiger partial charge in [0.05, 0.1) is 5.69 Å². The van der Waals surface area contributed by atoms with Gasteiger partial charge in [0.25, 0.3) is 5.56 Å². The van der Waals surface area contributed by atoms with E-state index < -0.39 is 22.9 Å². The van der Waals surface area contributed by atoms with Crippen molar-refractivity contribution in [3.05, 3.63) is 56.5 Å². The number of aromatic hydroxyl groups is 1. The van der Waals surface area contributed by atoms with Crippen LogP contribution in [0.1, 0.15) is 25.3 Å². The summed E-state index contributed by atoms with van der Waals surface area (Å²) in [6.07, 6.45) is 0. The van der Waals surface area contributed by atoms with Crippen LogP contribution < -0.4 is 11.2 Å². The van der Waals surface area contributed by atoms with E-state index in [-0.39, 0.29) is 5.69 Å². The molecule has 6 heteroatoms. The van der Waals surface area contributed by atoms with Crippen LogP contribution in [0, 0.1) is 5.82 Å². The number of nitrogens with zero attached hydrogens (tertiary/aromatic N) is 1. The van der Waals surface area contributed by atoms with E-state index in [1.807, 2.05) is 13.8 Å². The van der Waals surface area contributed by atoms with Gasteiger partial charge in [-0.2, -0.15) is 4.39 Å². The first-order chi connectivity index (χ1) is 8.91. The number of rotatable bonds is 2. The molecule has 0 spiro atoms. The summed E-state index contributed by atoms with van der Waals surface area (Å²) in [4.78, 5) is 24.4. The van der Waals surface area contributed by atoms with Gasteiger partial charge in [0.1, 0.15) is 0 Å². The number of halogens is 1. The fourth-order valence-corrected chi connectivity index (χ4v) is 1.75. The molecule has 0 amide bonds. The Morgan fingerprint density at radius 2 is 1.79 bits per heavy atom. The summed E-state index contributed by atoms with van der Waals surface area (Å²) in [5, 5.41) is 9.56. The molecule has 0 unspecified atom stereocenters. The minimum Gasteiger partial charge on any atom is -0.492 e. The molecule has 0 saturated heterocycles.